The van der Waals surface area contributed by atoms with E-state index < -0.39 is 4.92 Å². The number of aryl methyl sites for hydroxylation is 1. The minimum Gasteiger partial charge on any atom is -0.352 e. The molecule has 1 saturated heterocycles. The Labute approximate surface area is 117 Å². The molecule has 1 amide bonds. The maximum absolute atomic E-state index is 12.2. The summed E-state index contributed by atoms with van der Waals surface area (Å²) < 4.78 is 0. The van der Waals surface area contributed by atoms with Gasteiger partial charge in [-0.05, 0) is 44.3 Å². The number of nitrogens with zero attached hydrogens (tertiary/aromatic N) is 1. The first-order chi connectivity index (χ1) is 9.59. The number of carbonyl (C=O) groups is 1. The summed E-state index contributed by atoms with van der Waals surface area (Å²) in [5.74, 6) is 0.0941. The Morgan fingerprint density at radius 3 is 2.80 bits per heavy atom. The van der Waals surface area contributed by atoms with Crippen LogP contribution in [0.4, 0.5) is 5.69 Å². The summed E-state index contributed by atoms with van der Waals surface area (Å²) in [6.45, 7) is 4.22. The highest BCUT2D eigenvalue weighted by Gasteiger charge is 2.23. The summed E-state index contributed by atoms with van der Waals surface area (Å²) in [7, 11) is 0. The summed E-state index contributed by atoms with van der Waals surface area (Å²) in [6.07, 6.45) is 2.05. The number of nitro benzene ring substituents is 1. The van der Waals surface area contributed by atoms with Crippen molar-refractivity contribution in [3.8, 4) is 0 Å². The summed E-state index contributed by atoms with van der Waals surface area (Å²) in [4.78, 5) is 22.7. The van der Waals surface area contributed by atoms with Gasteiger partial charge in [-0.3, -0.25) is 14.9 Å². The highest BCUT2D eigenvalue weighted by Crippen LogP contribution is 2.22. The van der Waals surface area contributed by atoms with E-state index in [2.05, 4.69) is 10.6 Å². The van der Waals surface area contributed by atoms with Gasteiger partial charge < -0.3 is 10.6 Å². The lowest BCUT2D eigenvalue weighted by Gasteiger charge is -2.22. The van der Waals surface area contributed by atoms with Gasteiger partial charge in [0.25, 0.3) is 11.6 Å². The van der Waals surface area contributed by atoms with Crippen molar-refractivity contribution in [3.63, 3.8) is 0 Å². The third-order valence-electron chi connectivity index (χ3n) is 3.68. The van der Waals surface area contributed by atoms with Crippen LogP contribution in [0.5, 0.6) is 0 Å². The summed E-state index contributed by atoms with van der Waals surface area (Å²) in [5.41, 5.74) is 0.668. The maximum Gasteiger partial charge on any atom is 0.282 e. The van der Waals surface area contributed by atoms with Gasteiger partial charge in [-0.1, -0.05) is 12.1 Å². The summed E-state index contributed by atoms with van der Waals surface area (Å²) in [6, 6.07) is 4.68. The molecule has 20 heavy (non-hydrogen) atoms. The molecule has 1 heterocycles. The molecule has 0 aromatic heterocycles. The Hall–Kier alpha value is -1.95. The molecule has 0 spiro atoms. The predicted molar refractivity (Wildman–Crippen MR) is 75.8 cm³/mol. The van der Waals surface area contributed by atoms with E-state index in [0.717, 1.165) is 25.9 Å². The van der Waals surface area contributed by atoms with Crippen molar-refractivity contribution in [2.24, 2.45) is 5.92 Å². The van der Waals surface area contributed by atoms with Crippen LogP contribution in [0.15, 0.2) is 18.2 Å². The Balaban J connectivity index is 2.06. The fourth-order valence-electron chi connectivity index (χ4n) is 2.51. The minimum atomic E-state index is -0.507. The number of nitro groups is 1. The van der Waals surface area contributed by atoms with Crippen molar-refractivity contribution in [1.29, 1.82) is 0 Å². The van der Waals surface area contributed by atoms with Crippen molar-refractivity contribution in [2.45, 2.75) is 19.8 Å². The van der Waals surface area contributed by atoms with Gasteiger partial charge in [-0.25, -0.2) is 0 Å². The van der Waals surface area contributed by atoms with E-state index in [0.29, 0.717) is 18.0 Å². The second-order valence-electron chi connectivity index (χ2n) is 5.13. The molecule has 0 unspecified atom stereocenters. The zero-order valence-electron chi connectivity index (χ0n) is 11.5. The fourth-order valence-corrected chi connectivity index (χ4v) is 2.51. The quantitative estimate of drug-likeness (QED) is 0.647. The second kappa shape index (κ2) is 6.47. The first-order valence-electron chi connectivity index (χ1n) is 6.82. The third-order valence-corrected chi connectivity index (χ3v) is 3.68. The van der Waals surface area contributed by atoms with E-state index in [1.54, 1.807) is 19.1 Å². The number of piperidine rings is 1. The van der Waals surface area contributed by atoms with Gasteiger partial charge in [0.2, 0.25) is 0 Å². The molecule has 108 valence electrons. The van der Waals surface area contributed by atoms with Gasteiger partial charge in [-0.2, -0.15) is 0 Å². The normalized spacial score (nSPS) is 15.8. The smallest absolute Gasteiger partial charge is 0.282 e. The van der Waals surface area contributed by atoms with E-state index in [9.17, 15) is 14.9 Å². The van der Waals surface area contributed by atoms with Gasteiger partial charge in [-0.15, -0.1) is 0 Å². The van der Waals surface area contributed by atoms with E-state index >= 15 is 0 Å². The topological polar surface area (TPSA) is 84.3 Å². The molecular weight excluding hydrogens is 258 g/mol. The summed E-state index contributed by atoms with van der Waals surface area (Å²) >= 11 is 0. The Morgan fingerprint density at radius 2 is 2.15 bits per heavy atom. The van der Waals surface area contributed by atoms with Gasteiger partial charge in [0.15, 0.2) is 0 Å². The first-order valence-corrected chi connectivity index (χ1v) is 6.82. The van der Waals surface area contributed by atoms with Crippen LogP contribution in [0.25, 0.3) is 0 Å². The van der Waals surface area contributed by atoms with Gasteiger partial charge in [0.1, 0.15) is 5.56 Å². The third kappa shape index (κ3) is 3.33. The lowest BCUT2D eigenvalue weighted by Crippen LogP contribution is -2.36. The fraction of sp³-hybridized carbons (Fsp3) is 0.500. The summed E-state index contributed by atoms with van der Waals surface area (Å²) in [5, 5.41) is 17.1. The first kappa shape index (κ1) is 14.5. The predicted octanol–water partition coefficient (Wildman–Crippen LogP) is 1.63. The molecule has 1 aromatic rings. The Bertz CT molecular complexity index is 510. The molecule has 2 N–H and O–H groups in total. The van der Waals surface area contributed by atoms with Gasteiger partial charge in [0, 0.05) is 12.6 Å². The molecule has 0 aliphatic carbocycles. The van der Waals surface area contributed by atoms with Crippen LogP contribution in [0.3, 0.4) is 0 Å². The molecule has 0 atom stereocenters. The standard InChI is InChI=1S/C14H19N3O3/c1-10-3-2-4-12(17(19)20)13(10)14(18)16-9-11-5-7-15-8-6-11/h2-4,11,15H,5-9H2,1H3,(H,16,18). The van der Waals surface area contributed by atoms with E-state index in [-0.39, 0.29) is 17.2 Å². The SMILES string of the molecule is Cc1cccc([N+](=O)[O-])c1C(=O)NCC1CCNCC1. The van der Waals surface area contributed by atoms with E-state index in [1.165, 1.54) is 6.07 Å². The minimum absolute atomic E-state index is 0.132. The molecule has 0 radical (unpaired) electrons. The Morgan fingerprint density at radius 1 is 1.45 bits per heavy atom. The number of rotatable bonds is 4. The molecule has 1 aliphatic rings. The number of hydrogen-bond acceptors (Lipinski definition) is 4. The van der Waals surface area contributed by atoms with Crippen LogP contribution in [0.1, 0.15) is 28.8 Å². The van der Waals surface area contributed by atoms with E-state index in [1.807, 2.05) is 0 Å². The van der Waals surface area contributed by atoms with Crippen LogP contribution in [-0.4, -0.2) is 30.5 Å². The van der Waals surface area contributed by atoms with Crippen LogP contribution in [0.2, 0.25) is 0 Å². The van der Waals surface area contributed by atoms with Crippen LogP contribution in [-0.2, 0) is 0 Å². The molecule has 1 aliphatic heterocycles. The van der Waals surface area contributed by atoms with E-state index in [4.69, 9.17) is 0 Å². The number of nitrogens with one attached hydrogen (secondary N) is 2. The molecule has 0 bridgehead atoms. The Kier molecular flexibility index (Phi) is 4.68. The lowest BCUT2D eigenvalue weighted by atomic mass is 9.98. The van der Waals surface area contributed by atoms with Crippen LogP contribution < -0.4 is 10.6 Å². The average Bonchev–Trinajstić information content (AvgIpc) is 2.45. The highest BCUT2D eigenvalue weighted by molar-refractivity contribution is 5.99. The zero-order chi connectivity index (χ0) is 14.5. The van der Waals surface area contributed by atoms with Crippen molar-refractivity contribution >= 4 is 11.6 Å². The average molecular weight is 277 g/mol. The zero-order valence-corrected chi connectivity index (χ0v) is 11.5. The maximum atomic E-state index is 12.2. The second-order valence-corrected chi connectivity index (χ2v) is 5.13. The number of carbonyl (C=O) groups excluding carboxylic acids is 1. The molecule has 6 heteroatoms. The monoisotopic (exact) mass is 277 g/mol. The largest absolute Gasteiger partial charge is 0.352 e. The molecule has 1 aromatic carbocycles. The van der Waals surface area contributed by atoms with Gasteiger partial charge >= 0.3 is 0 Å². The van der Waals surface area contributed by atoms with Crippen LogP contribution in [0, 0.1) is 23.0 Å². The molecule has 6 nitrogen and oxygen atoms in total. The molecular formula is C14H19N3O3. The number of hydrogen-bond donors (Lipinski definition) is 2. The van der Waals surface area contributed by atoms with Crippen molar-refractivity contribution < 1.29 is 9.72 Å². The molecule has 1 fully saturated rings. The number of benzene rings is 1. The lowest BCUT2D eigenvalue weighted by molar-refractivity contribution is -0.385. The van der Waals surface area contributed by atoms with Gasteiger partial charge in [0.05, 0.1) is 4.92 Å². The van der Waals surface area contributed by atoms with Crippen LogP contribution >= 0.6 is 0 Å². The van der Waals surface area contributed by atoms with Crippen molar-refractivity contribution in [1.82, 2.24) is 10.6 Å². The molecule has 2 rings (SSSR count). The molecule has 0 saturated carbocycles. The van der Waals surface area contributed by atoms with Crippen molar-refractivity contribution in [2.75, 3.05) is 19.6 Å². The van der Waals surface area contributed by atoms with Crippen molar-refractivity contribution in [3.05, 3.63) is 39.4 Å². The number of amides is 1. The highest BCUT2D eigenvalue weighted by atomic mass is 16.6.